The standard InChI is InChI=1S/C28H28N2O6/c1-4-16-35-21-13-11-19(12-14-21)29-27(31)24-25(18-10-15-22(33-2)23(17-18)34-3)30(36-26(24)28(29)32)20-8-6-5-7-9-20/h5-15,17,24-26H,4,16H2,1-3H3/t24-,25+,26+/m1/s1. The van der Waals surface area contributed by atoms with Gasteiger partial charge in [0.1, 0.15) is 11.7 Å². The van der Waals surface area contributed by atoms with Crippen molar-refractivity contribution in [3.63, 3.8) is 0 Å². The van der Waals surface area contributed by atoms with Crippen molar-refractivity contribution < 1.29 is 28.6 Å². The summed E-state index contributed by atoms with van der Waals surface area (Å²) in [6.07, 6.45) is -0.0621. The molecule has 3 aromatic rings. The van der Waals surface area contributed by atoms with E-state index < -0.39 is 24.0 Å². The number of methoxy groups -OCH3 is 2. The predicted molar refractivity (Wildman–Crippen MR) is 134 cm³/mol. The lowest BCUT2D eigenvalue weighted by molar-refractivity contribution is -0.126. The number of carbonyl (C=O) groups is 2. The number of ether oxygens (including phenoxy) is 3. The number of amides is 2. The normalized spacial score (nSPS) is 21.0. The number of para-hydroxylation sites is 1. The molecule has 0 aliphatic carbocycles. The van der Waals surface area contributed by atoms with Crippen LogP contribution in [0.5, 0.6) is 17.2 Å². The highest BCUT2D eigenvalue weighted by Crippen LogP contribution is 2.48. The molecule has 0 aromatic heterocycles. The first-order chi connectivity index (χ1) is 17.6. The third kappa shape index (κ3) is 4.03. The molecule has 186 valence electrons. The monoisotopic (exact) mass is 488 g/mol. The highest BCUT2D eigenvalue weighted by atomic mass is 16.7. The van der Waals surface area contributed by atoms with E-state index in [4.69, 9.17) is 19.0 Å². The number of hydrogen-bond donors (Lipinski definition) is 0. The van der Waals surface area contributed by atoms with Crippen LogP contribution in [0.15, 0.2) is 72.8 Å². The number of fused-ring (bicyclic) bond motifs is 1. The average Bonchev–Trinajstić information content (AvgIpc) is 3.43. The number of benzene rings is 3. The van der Waals surface area contributed by atoms with E-state index in [1.54, 1.807) is 49.6 Å². The molecule has 2 heterocycles. The smallest absolute Gasteiger partial charge is 0.266 e. The highest BCUT2D eigenvalue weighted by molar-refractivity contribution is 6.23. The van der Waals surface area contributed by atoms with Gasteiger partial charge in [-0.15, -0.1) is 0 Å². The molecule has 3 atom stereocenters. The molecule has 8 nitrogen and oxygen atoms in total. The van der Waals surface area contributed by atoms with Gasteiger partial charge >= 0.3 is 0 Å². The minimum Gasteiger partial charge on any atom is -0.494 e. The van der Waals surface area contributed by atoms with Gasteiger partial charge in [0.15, 0.2) is 17.6 Å². The predicted octanol–water partition coefficient (Wildman–Crippen LogP) is 4.54. The molecule has 0 spiro atoms. The van der Waals surface area contributed by atoms with Crippen LogP contribution in [0.1, 0.15) is 24.9 Å². The van der Waals surface area contributed by atoms with Crippen molar-refractivity contribution >= 4 is 23.2 Å². The molecule has 5 rings (SSSR count). The molecule has 0 bridgehead atoms. The van der Waals surface area contributed by atoms with Gasteiger partial charge in [-0.25, -0.2) is 9.96 Å². The Morgan fingerprint density at radius 2 is 1.56 bits per heavy atom. The molecule has 0 N–H and O–H groups in total. The molecule has 0 saturated carbocycles. The quantitative estimate of drug-likeness (QED) is 0.431. The first-order valence-electron chi connectivity index (χ1n) is 11.9. The van der Waals surface area contributed by atoms with E-state index in [-0.39, 0.29) is 5.91 Å². The van der Waals surface area contributed by atoms with Crippen molar-refractivity contribution in [2.24, 2.45) is 5.92 Å². The zero-order valence-corrected chi connectivity index (χ0v) is 20.4. The number of anilines is 2. The van der Waals surface area contributed by atoms with Crippen LogP contribution < -0.4 is 24.2 Å². The van der Waals surface area contributed by atoms with E-state index in [0.29, 0.717) is 29.5 Å². The van der Waals surface area contributed by atoms with Crippen molar-refractivity contribution in [1.82, 2.24) is 0 Å². The number of rotatable bonds is 8. The van der Waals surface area contributed by atoms with Gasteiger partial charge in [-0.1, -0.05) is 31.2 Å². The van der Waals surface area contributed by atoms with Crippen LogP contribution in [0, 0.1) is 5.92 Å². The molecule has 2 fully saturated rings. The Balaban J connectivity index is 1.52. The molecule has 2 saturated heterocycles. The maximum Gasteiger partial charge on any atom is 0.266 e. The summed E-state index contributed by atoms with van der Waals surface area (Å²) in [6, 6.07) is 21.4. The van der Waals surface area contributed by atoms with E-state index in [1.165, 1.54) is 4.90 Å². The number of nitrogens with zero attached hydrogens (tertiary/aromatic N) is 2. The van der Waals surface area contributed by atoms with Gasteiger partial charge in [-0.3, -0.25) is 14.4 Å². The van der Waals surface area contributed by atoms with Crippen molar-refractivity contribution in [2.45, 2.75) is 25.5 Å². The summed E-state index contributed by atoms with van der Waals surface area (Å²) in [4.78, 5) is 34.7. The van der Waals surface area contributed by atoms with E-state index in [0.717, 1.165) is 17.7 Å². The number of imide groups is 1. The minimum atomic E-state index is -0.952. The summed E-state index contributed by atoms with van der Waals surface area (Å²) in [7, 11) is 3.13. The molecular formula is C28H28N2O6. The van der Waals surface area contributed by atoms with Crippen LogP contribution >= 0.6 is 0 Å². The van der Waals surface area contributed by atoms with Crippen LogP contribution in [0.25, 0.3) is 0 Å². The molecule has 2 amide bonds. The lowest BCUT2D eigenvalue weighted by Gasteiger charge is -2.29. The number of hydroxylamine groups is 1. The molecule has 8 heteroatoms. The highest BCUT2D eigenvalue weighted by Gasteiger charge is 2.60. The van der Waals surface area contributed by atoms with Gasteiger partial charge in [-0.2, -0.15) is 0 Å². The first kappa shape index (κ1) is 23.7. The molecule has 3 aromatic carbocycles. The zero-order valence-electron chi connectivity index (χ0n) is 20.4. The van der Waals surface area contributed by atoms with Gasteiger partial charge < -0.3 is 14.2 Å². The minimum absolute atomic E-state index is 0.314. The topological polar surface area (TPSA) is 77.5 Å². The van der Waals surface area contributed by atoms with Crippen LogP contribution in [-0.2, 0) is 14.4 Å². The van der Waals surface area contributed by atoms with Crippen LogP contribution in [-0.4, -0.2) is 38.7 Å². The van der Waals surface area contributed by atoms with E-state index >= 15 is 0 Å². The van der Waals surface area contributed by atoms with E-state index in [2.05, 4.69) is 0 Å². The molecule has 36 heavy (non-hydrogen) atoms. The summed E-state index contributed by atoms with van der Waals surface area (Å²) in [5, 5.41) is 1.66. The Kier molecular flexibility index (Phi) is 6.52. The Bertz CT molecular complexity index is 1250. The lowest BCUT2D eigenvalue weighted by atomic mass is 9.90. The summed E-state index contributed by atoms with van der Waals surface area (Å²) in [5.74, 6) is 0.342. The van der Waals surface area contributed by atoms with Crippen molar-refractivity contribution in [3.8, 4) is 17.2 Å². The fraction of sp³-hybridized carbons (Fsp3) is 0.286. The summed E-state index contributed by atoms with van der Waals surface area (Å²) in [5.41, 5.74) is 2.01. The Labute approximate surface area is 209 Å². The fourth-order valence-electron chi connectivity index (χ4n) is 4.75. The van der Waals surface area contributed by atoms with Crippen LogP contribution in [0.2, 0.25) is 0 Å². The van der Waals surface area contributed by atoms with Crippen LogP contribution in [0.3, 0.4) is 0 Å². The second-order valence-electron chi connectivity index (χ2n) is 8.63. The second-order valence-corrected chi connectivity index (χ2v) is 8.63. The molecular weight excluding hydrogens is 460 g/mol. The molecule has 2 aliphatic heterocycles. The van der Waals surface area contributed by atoms with Gasteiger partial charge in [0.2, 0.25) is 5.91 Å². The van der Waals surface area contributed by atoms with E-state index in [9.17, 15) is 9.59 Å². The van der Waals surface area contributed by atoms with Gasteiger partial charge in [0.05, 0.1) is 38.2 Å². The second kappa shape index (κ2) is 9.91. The van der Waals surface area contributed by atoms with Crippen LogP contribution in [0.4, 0.5) is 11.4 Å². The Morgan fingerprint density at radius 3 is 2.22 bits per heavy atom. The number of hydrogen-bond acceptors (Lipinski definition) is 7. The Hall–Kier alpha value is -4.04. The van der Waals surface area contributed by atoms with Gasteiger partial charge in [-0.05, 0) is 60.5 Å². The van der Waals surface area contributed by atoms with Gasteiger partial charge in [0.25, 0.3) is 5.91 Å². The summed E-state index contributed by atoms with van der Waals surface area (Å²) < 4.78 is 16.5. The van der Waals surface area contributed by atoms with E-state index in [1.807, 2.05) is 49.4 Å². The maximum atomic E-state index is 13.8. The molecule has 0 unspecified atom stereocenters. The largest absolute Gasteiger partial charge is 0.494 e. The Morgan fingerprint density at radius 1 is 0.833 bits per heavy atom. The fourth-order valence-corrected chi connectivity index (χ4v) is 4.75. The molecule has 0 radical (unpaired) electrons. The first-order valence-corrected chi connectivity index (χ1v) is 11.9. The van der Waals surface area contributed by atoms with Crippen molar-refractivity contribution in [2.75, 3.05) is 30.8 Å². The zero-order chi connectivity index (χ0) is 25.2. The summed E-state index contributed by atoms with van der Waals surface area (Å²) >= 11 is 0. The third-order valence-corrected chi connectivity index (χ3v) is 6.44. The SMILES string of the molecule is CCCOc1ccc(N2C(=O)[C@H]3[C@H](ON(c4ccccc4)[C@H]3c3ccc(OC)c(OC)c3)C2=O)cc1. The van der Waals surface area contributed by atoms with Crippen molar-refractivity contribution in [3.05, 3.63) is 78.4 Å². The lowest BCUT2D eigenvalue weighted by Crippen LogP contribution is -2.37. The van der Waals surface area contributed by atoms with Gasteiger partial charge in [0, 0.05) is 0 Å². The molecule has 2 aliphatic rings. The maximum absolute atomic E-state index is 13.8. The number of carbonyl (C=O) groups excluding carboxylic acids is 2. The average molecular weight is 489 g/mol. The van der Waals surface area contributed by atoms with Crippen molar-refractivity contribution in [1.29, 1.82) is 0 Å². The third-order valence-electron chi connectivity index (χ3n) is 6.44. The summed E-state index contributed by atoms with van der Waals surface area (Å²) in [6.45, 7) is 2.63.